The minimum atomic E-state index is 0.367. The van der Waals surface area contributed by atoms with Crippen molar-refractivity contribution in [3.05, 3.63) is 4.91 Å². The summed E-state index contributed by atoms with van der Waals surface area (Å²) in [5, 5.41) is 2.75. The summed E-state index contributed by atoms with van der Waals surface area (Å²) in [6.45, 7) is 2.88. The van der Waals surface area contributed by atoms with Gasteiger partial charge in [0.1, 0.15) is 0 Å². The van der Waals surface area contributed by atoms with Gasteiger partial charge in [-0.3, -0.25) is 4.99 Å². The Morgan fingerprint density at radius 2 is 2.67 bits per heavy atom. The Hall–Kier alpha value is -0.930. The van der Waals surface area contributed by atoms with Crippen LogP contribution < -0.4 is 0 Å². The molecule has 0 fully saturated rings. The van der Waals surface area contributed by atoms with E-state index in [1.54, 1.807) is 6.34 Å². The molecule has 0 saturated heterocycles. The Balaban J connectivity index is 2.12. The Labute approximate surface area is 53.5 Å². The first-order chi connectivity index (χ1) is 4.43. The molecule has 0 bridgehead atoms. The molecule has 0 atom stereocenters. The minimum absolute atomic E-state index is 0.367. The molecule has 1 heterocycles. The molecule has 0 N–H and O–H groups in total. The van der Waals surface area contributed by atoms with E-state index in [0.717, 1.165) is 13.1 Å². The fourth-order valence-corrected chi connectivity index (χ4v) is 0.756. The second-order valence-electron chi connectivity index (χ2n) is 1.91. The lowest BCUT2D eigenvalue weighted by Crippen LogP contribution is -2.22. The Morgan fingerprint density at radius 3 is 3.22 bits per heavy atom. The zero-order valence-corrected chi connectivity index (χ0v) is 5.16. The largest absolute Gasteiger partial charge is 0.359 e. The lowest BCUT2D eigenvalue weighted by Gasteiger charge is -2.09. The fraction of sp³-hybridized carbons (Fsp3) is 0.800. The summed E-state index contributed by atoms with van der Waals surface area (Å²) in [4.78, 5) is 15.6. The summed E-state index contributed by atoms with van der Waals surface area (Å²) in [6, 6.07) is 0. The number of hydrogen-bond acceptors (Lipinski definition) is 4. The number of hydrogen-bond donors (Lipinski definition) is 0. The topological polar surface area (TPSA) is 45.0 Å². The van der Waals surface area contributed by atoms with Gasteiger partial charge in [-0.15, -0.1) is 0 Å². The summed E-state index contributed by atoms with van der Waals surface area (Å²) < 4.78 is 0. The van der Waals surface area contributed by atoms with E-state index in [1.165, 1.54) is 0 Å². The third kappa shape index (κ3) is 1.79. The van der Waals surface area contributed by atoms with Gasteiger partial charge in [-0.2, -0.15) is 4.91 Å². The van der Waals surface area contributed by atoms with E-state index >= 15 is 0 Å². The van der Waals surface area contributed by atoms with Gasteiger partial charge in [0.05, 0.1) is 19.4 Å². The van der Waals surface area contributed by atoms with Crippen LogP contribution in [0.3, 0.4) is 0 Å². The predicted octanol–water partition coefficient (Wildman–Crippen LogP) is 0.0967. The molecule has 0 aliphatic carbocycles. The van der Waals surface area contributed by atoms with Gasteiger partial charge in [0.15, 0.2) is 0 Å². The Morgan fingerprint density at radius 1 is 1.78 bits per heavy atom. The van der Waals surface area contributed by atoms with Crippen LogP contribution in [0.1, 0.15) is 0 Å². The summed E-state index contributed by atoms with van der Waals surface area (Å²) in [7, 11) is 0. The third-order valence-corrected chi connectivity index (χ3v) is 1.24. The van der Waals surface area contributed by atoms with Gasteiger partial charge >= 0.3 is 0 Å². The molecular formula is C5H9N3O. The molecule has 0 amide bonds. The standard InChI is InChI=1S/C5H9N3O/c9-7-2-4-8-3-1-6-5-8/h5H,1-4H2. The molecule has 50 valence electrons. The second kappa shape index (κ2) is 3.17. The average Bonchev–Trinajstić information content (AvgIpc) is 2.34. The van der Waals surface area contributed by atoms with Crippen LogP contribution in [0, 0.1) is 4.91 Å². The van der Waals surface area contributed by atoms with Crippen LogP contribution in [0.15, 0.2) is 10.2 Å². The van der Waals surface area contributed by atoms with Gasteiger partial charge in [0, 0.05) is 13.1 Å². The average molecular weight is 127 g/mol. The fourth-order valence-electron chi connectivity index (χ4n) is 0.756. The van der Waals surface area contributed by atoms with E-state index in [9.17, 15) is 4.91 Å². The molecule has 0 aromatic rings. The lowest BCUT2D eigenvalue weighted by atomic mass is 10.5. The SMILES string of the molecule is O=NCCN1C=NCC1. The summed E-state index contributed by atoms with van der Waals surface area (Å²) in [5.74, 6) is 0. The Kier molecular flexibility index (Phi) is 2.18. The van der Waals surface area contributed by atoms with E-state index in [-0.39, 0.29) is 0 Å². The van der Waals surface area contributed by atoms with Crippen molar-refractivity contribution in [2.45, 2.75) is 0 Å². The van der Waals surface area contributed by atoms with Crippen molar-refractivity contribution >= 4 is 6.34 Å². The third-order valence-electron chi connectivity index (χ3n) is 1.24. The van der Waals surface area contributed by atoms with Crippen molar-refractivity contribution in [3.8, 4) is 0 Å². The smallest absolute Gasteiger partial charge is 0.0986 e. The maximum atomic E-state index is 9.64. The minimum Gasteiger partial charge on any atom is -0.359 e. The summed E-state index contributed by atoms with van der Waals surface area (Å²) >= 11 is 0. The summed E-state index contributed by atoms with van der Waals surface area (Å²) in [5.41, 5.74) is 0. The molecule has 4 nitrogen and oxygen atoms in total. The molecule has 9 heavy (non-hydrogen) atoms. The van der Waals surface area contributed by atoms with Crippen molar-refractivity contribution in [2.24, 2.45) is 10.2 Å². The highest BCUT2D eigenvalue weighted by molar-refractivity contribution is 5.56. The molecule has 0 unspecified atom stereocenters. The monoisotopic (exact) mass is 127 g/mol. The number of rotatable bonds is 3. The van der Waals surface area contributed by atoms with E-state index in [1.807, 2.05) is 4.90 Å². The van der Waals surface area contributed by atoms with Crippen molar-refractivity contribution in [1.29, 1.82) is 0 Å². The molecule has 0 spiro atoms. The van der Waals surface area contributed by atoms with Crippen molar-refractivity contribution < 1.29 is 0 Å². The Bertz CT molecular complexity index is 123. The van der Waals surface area contributed by atoms with Gasteiger partial charge in [0.2, 0.25) is 0 Å². The highest BCUT2D eigenvalue weighted by atomic mass is 16.3. The van der Waals surface area contributed by atoms with Crippen LogP contribution in [0.5, 0.6) is 0 Å². The molecule has 4 heteroatoms. The quantitative estimate of drug-likeness (QED) is 0.504. The molecule has 1 rings (SSSR count). The molecule has 1 aliphatic heterocycles. The molecule has 1 aliphatic rings. The number of nitrogens with zero attached hydrogens (tertiary/aromatic N) is 3. The van der Waals surface area contributed by atoms with E-state index in [0.29, 0.717) is 13.1 Å². The maximum Gasteiger partial charge on any atom is 0.0986 e. The second-order valence-corrected chi connectivity index (χ2v) is 1.91. The molecular weight excluding hydrogens is 118 g/mol. The van der Waals surface area contributed by atoms with Crippen molar-refractivity contribution in [2.75, 3.05) is 26.2 Å². The molecule has 0 aromatic heterocycles. The lowest BCUT2D eigenvalue weighted by molar-refractivity contribution is 0.478. The van der Waals surface area contributed by atoms with Crippen LogP contribution in [0.25, 0.3) is 0 Å². The first-order valence-electron chi connectivity index (χ1n) is 2.96. The first kappa shape index (κ1) is 6.19. The molecule has 0 radical (unpaired) electrons. The van der Waals surface area contributed by atoms with Crippen molar-refractivity contribution in [3.63, 3.8) is 0 Å². The van der Waals surface area contributed by atoms with Gasteiger partial charge in [0.25, 0.3) is 0 Å². The predicted molar refractivity (Wildman–Crippen MR) is 35.6 cm³/mol. The zero-order chi connectivity index (χ0) is 6.53. The van der Waals surface area contributed by atoms with Gasteiger partial charge < -0.3 is 4.90 Å². The number of nitroso groups, excluding NO2 is 1. The van der Waals surface area contributed by atoms with Crippen LogP contribution in [0.4, 0.5) is 0 Å². The normalized spacial score (nSPS) is 16.7. The number of aliphatic imine (C=N–C) groups is 1. The van der Waals surface area contributed by atoms with E-state index in [4.69, 9.17) is 0 Å². The highest BCUT2D eigenvalue weighted by Gasteiger charge is 2.02. The summed E-state index contributed by atoms with van der Waals surface area (Å²) in [6.07, 6.45) is 1.77. The van der Waals surface area contributed by atoms with Crippen LogP contribution >= 0.6 is 0 Å². The zero-order valence-electron chi connectivity index (χ0n) is 5.16. The van der Waals surface area contributed by atoms with Gasteiger partial charge in [-0.1, -0.05) is 5.18 Å². The molecule has 0 aromatic carbocycles. The maximum absolute atomic E-state index is 9.64. The van der Waals surface area contributed by atoms with Crippen LogP contribution in [0.2, 0.25) is 0 Å². The van der Waals surface area contributed by atoms with Gasteiger partial charge in [-0.05, 0) is 0 Å². The molecule has 0 saturated carbocycles. The first-order valence-corrected chi connectivity index (χ1v) is 2.96. The van der Waals surface area contributed by atoms with Gasteiger partial charge in [-0.25, -0.2) is 0 Å². The van der Waals surface area contributed by atoms with Crippen molar-refractivity contribution in [1.82, 2.24) is 4.90 Å². The highest BCUT2D eigenvalue weighted by Crippen LogP contribution is 1.91. The van der Waals surface area contributed by atoms with Crippen LogP contribution in [-0.4, -0.2) is 37.4 Å². The van der Waals surface area contributed by atoms with E-state index < -0.39 is 0 Å². The van der Waals surface area contributed by atoms with E-state index in [2.05, 4.69) is 10.2 Å². The van der Waals surface area contributed by atoms with Crippen LogP contribution in [-0.2, 0) is 0 Å².